The number of hydrogen-bond acceptors (Lipinski definition) is 4. The molecule has 0 bridgehead atoms. The standard InChI is InChI=1S/C20H23F2N3O2S/c1-13(15-9-8-14(21)10-16(15)22)23-19(26)11-25(2)12-20(27)24-17-6-4-5-7-18(17)28-3/h4-10,13H,11-12H2,1-3H3,(H,23,26)(H,24,27)/t13-/m0/s1. The van der Waals surface area contributed by atoms with Gasteiger partial charge in [0.25, 0.3) is 0 Å². The summed E-state index contributed by atoms with van der Waals surface area (Å²) in [5, 5.41) is 5.48. The Balaban J connectivity index is 1.85. The second kappa shape index (κ2) is 10.2. The fourth-order valence-corrected chi connectivity index (χ4v) is 3.26. The Morgan fingerprint density at radius 1 is 1.11 bits per heavy atom. The fourth-order valence-electron chi connectivity index (χ4n) is 2.70. The molecule has 28 heavy (non-hydrogen) atoms. The average Bonchev–Trinajstić information content (AvgIpc) is 2.61. The molecule has 2 amide bonds. The summed E-state index contributed by atoms with van der Waals surface area (Å²) >= 11 is 1.53. The maximum absolute atomic E-state index is 13.8. The lowest BCUT2D eigenvalue weighted by Crippen LogP contribution is -2.39. The van der Waals surface area contributed by atoms with Crippen molar-refractivity contribution in [2.24, 2.45) is 0 Å². The predicted molar refractivity (Wildman–Crippen MR) is 107 cm³/mol. The van der Waals surface area contributed by atoms with Crippen LogP contribution in [0.15, 0.2) is 47.4 Å². The highest BCUT2D eigenvalue weighted by atomic mass is 32.2. The molecule has 150 valence electrons. The number of anilines is 1. The van der Waals surface area contributed by atoms with Gasteiger partial charge in [0.2, 0.25) is 11.8 Å². The molecular formula is C20H23F2N3O2S. The van der Waals surface area contributed by atoms with Crippen molar-refractivity contribution in [3.8, 4) is 0 Å². The van der Waals surface area contributed by atoms with Crippen molar-refractivity contribution in [2.45, 2.75) is 17.9 Å². The van der Waals surface area contributed by atoms with Crippen LogP contribution in [-0.4, -0.2) is 43.1 Å². The van der Waals surface area contributed by atoms with E-state index in [9.17, 15) is 18.4 Å². The molecule has 0 aromatic heterocycles. The summed E-state index contributed by atoms with van der Waals surface area (Å²) in [6.07, 6.45) is 1.92. The molecule has 0 heterocycles. The van der Waals surface area contributed by atoms with Crippen LogP contribution in [0.3, 0.4) is 0 Å². The van der Waals surface area contributed by atoms with Crippen LogP contribution in [0.1, 0.15) is 18.5 Å². The number of thioether (sulfide) groups is 1. The number of para-hydroxylation sites is 1. The van der Waals surface area contributed by atoms with E-state index in [1.165, 1.54) is 17.8 Å². The van der Waals surface area contributed by atoms with E-state index in [4.69, 9.17) is 0 Å². The highest BCUT2D eigenvalue weighted by molar-refractivity contribution is 7.98. The zero-order valence-electron chi connectivity index (χ0n) is 16.0. The van der Waals surface area contributed by atoms with Crippen LogP contribution < -0.4 is 10.6 Å². The molecule has 0 saturated heterocycles. The Bertz CT molecular complexity index is 848. The molecule has 2 aromatic carbocycles. The third-order valence-corrected chi connectivity index (χ3v) is 4.81. The van der Waals surface area contributed by atoms with Gasteiger partial charge >= 0.3 is 0 Å². The van der Waals surface area contributed by atoms with Gasteiger partial charge in [0.15, 0.2) is 0 Å². The second-order valence-corrected chi connectivity index (χ2v) is 7.22. The summed E-state index contributed by atoms with van der Waals surface area (Å²) in [6, 6.07) is 10.1. The SMILES string of the molecule is CSc1ccccc1NC(=O)CN(C)CC(=O)N[C@@H](C)c1ccc(F)cc1F. The number of nitrogens with one attached hydrogen (secondary N) is 2. The van der Waals surface area contributed by atoms with E-state index in [1.54, 1.807) is 18.9 Å². The lowest BCUT2D eigenvalue weighted by molar-refractivity contribution is -0.123. The molecule has 0 fully saturated rings. The van der Waals surface area contributed by atoms with Crippen LogP contribution in [-0.2, 0) is 9.59 Å². The van der Waals surface area contributed by atoms with Gasteiger partial charge in [0, 0.05) is 16.5 Å². The lowest BCUT2D eigenvalue weighted by atomic mass is 10.1. The largest absolute Gasteiger partial charge is 0.348 e. The van der Waals surface area contributed by atoms with Crippen LogP contribution >= 0.6 is 11.8 Å². The van der Waals surface area contributed by atoms with Crippen molar-refractivity contribution in [1.82, 2.24) is 10.2 Å². The topological polar surface area (TPSA) is 61.4 Å². The molecule has 1 atom stereocenters. The van der Waals surface area contributed by atoms with Crippen LogP contribution in [0.4, 0.5) is 14.5 Å². The van der Waals surface area contributed by atoms with Gasteiger partial charge in [-0.15, -0.1) is 11.8 Å². The molecule has 2 aromatic rings. The Labute approximate surface area is 167 Å². The molecule has 0 unspecified atom stereocenters. The average molecular weight is 407 g/mol. The van der Waals surface area contributed by atoms with Gasteiger partial charge < -0.3 is 10.6 Å². The van der Waals surface area contributed by atoms with E-state index in [-0.39, 0.29) is 30.5 Å². The number of halogens is 2. The zero-order valence-corrected chi connectivity index (χ0v) is 16.8. The first-order valence-corrected chi connectivity index (χ1v) is 9.88. The van der Waals surface area contributed by atoms with Crippen molar-refractivity contribution in [3.63, 3.8) is 0 Å². The van der Waals surface area contributed by atoms with Gasteiger partial charge in [-0.25, -0.2) is 8.78 Å². The number of carbonyl (C=O) groups is 2. The Kier molecular flexibility index (Phi) is 7.95. The summed E-state index contributed by atoms with van der Waals surface area (Å²) in [5.41, 5.74) is 0.919. The van der Waals surface area contributed by atoms with Gasteiger partial charge in [-0.05, 0) is 38.4 Å². The number of likely N-dealkylation sites (N-methyl/N-ethyl adjacent to an activating group) is 1. The second-order valence-electron chi connectivity index (χ2n) is 6.38. The molecule has 0 saturated carbocycles. The maximum Gasteiger partial charge on any atom is 0.238 e. The maximum atomic E-state index is 13.8. The number of rotatable bonds is 8. The number of hydrogen-bond donors (Lipinski definition) is 2. The van der Waals surface area contributed by atoms with E-state index < -0.39 is 17.7 Å². The van der Waals surface area contributed by atoms with Crippen LogP contribution in [0.25, 0.3) is 0 Å². The van der Waals surface area contributed by atoms with Crippen molar-refractivity contribution >= 4 is 29.3 Å². The highest BCUT2D eigenvalue weighted by Crippen LogP contribution is 2.24. The van der Waals surface area contributed by atoms with E-state index in [1.807, 2.05) is 30.5 Å². The first-order chi connectivity index (χ1) is 13.3. The lowest BCUT2D eigenvalue weighted by Gasteiger charge is -2.19. The molecule has 0 aliphatic carbocycles. The molecule has 5 nitrogen and oxygen atoms in total. The van der Waals surface area contributed by atoms with E-state index in [0.29, 0.717) is 0 Å². The smallest absolute Gasteiger partial charge is 0.238 e. The molecule has 2 rings (SSSR count). The van der Waals surface area contributed by atoms with E-state index in [2.05, 4.69) is 10.6 Å². The van der Waals surface area contributed by atoms with Crippen LogP contribution in [0, 0.1) is 11.6 Å². The first-order valence-electron chi connectivity index (χ1n) is 8.66. The summed E-state index contributed by atoms with van der Waals surface area (Å²) in [7, 11) is 1.64. The van der Waals surface area contributed by atoms with Gasteiger partial charge in [0.1, 0.15) is 11.6 Å². The van der Waals surface area contributed by atoms with Crippen molar-refractivity contribution in [3.05, 3.63) is 59.7 Å². The van der Waals surface area contributed by atoms with Crippen molar-refractivity contribution in [2.75, 3.05) is 31.7 Å². The number of carbonyl (C=O) groups excluding carboxylic acids is 2. The molecule has 0 aliphatic rings. The summed E-state index contributed by atoms with van der Waals surface area (Å²) < 4.78 is 26.8. The van der Waals surface area contributed by atoms with Gasteiger partial charge in [-0.1, -0.05) is 18.2 Å². The molecule has 0 radical (unpaired) electrons. The fraction of sp³-hybridized carbons (Fsp3) is 0.300. The van der Waals surface area contributed by atoms with Gasteiger partial charge in [-0.2, -0.15) is 0 Å². The normalized spacial score (nSPS) is 11.9. The summed E-state index contributed by atoms with van der Waals surface area (Å²) in [4.78, 5) is 26.9. The van der Waals surface area contributed by atoms with E-state index >= 15 is 0 Å². The van der Waals surface area contributed by atoms with E-state index in [0.717, 1.165) is 22.7 Å². The molecule has 2 N–H and O–H groups in total. The highest BCUT2D eigenvalue weighted by Gasteiger charge is 2.17. The van der Waals surface area contributed by atoms with Gasteiger partial charge in [0.05, 0.1) is 24.8 Å². The van der Waals surface area contributed by atoms with Crippen LogP contribution in [0.5, 0.6) is 0 Å². The molecule has 8 heteroatoms. The first kappa shape index (κ1) is 21.8. The van der Waals surface area contributed by atoms with Crippen LogP contribution in [0.2, 0.25) is 0 Å². The quantitative estimate of drug-likeness (QED) is 0.658. The number of nitrogens with zero attached hydrogens (tertiary/aromatic N) is 1. The molecule has 0 aliphatic heterocycles. The number of amides is 2. The summed E-state index contributed by atoms with van der Waals surface area (Å²) in [6.45, 7) is 1.60. The van der Waals surface area contributed by atoms with Crippen molar-refractivity contribution < 1.29 is 18.4 Å². The van der Waals surface area contributed by atoms with Gasteiger partial charge in [-0.3, -0.25) is 14.5 Å². The minimum Gasteiger partial charge on any atom is -0.348 e. The third kappa shape index (κ3) is 6.31. The van der Waals surface area contributed by atoms with Crippen molar-refractivity contribution in [1.29, 1.82) is 0 Å². The zero-order chi connectivity index (χ0) is 20.7. The minimum atomic E-state index is -0.715. The Morgan fingerprint density at radius 3 is 2.46 bits per heavy atom. The Hall–Kier alpha value is -2.45. The number of benzene rings is 2. The molecular weight excluding hydrogens is 384 g/mol. The monoisotopic (exact) mass is 407 g/mol. The minimum absolute atomic E-state index is 0.0232. The molecule has 0 spiro atoms. The predicted octanol–water partition coefficient (Wildman–Crippen LogP) is 3.43. The third-order valence-electron chi connectivity index (χ3n) is 4.01. The Morgan fingerprint density at radius 2 is 1.79 bits per heavy atom. The summed E-state index contributed by atoms with van der Waals surface area (Å²) in [5.74, 6) is -1.99.